The van der Waals surface area contributed by atoms with Crippen molar-refractivity contribution < 1.29 is 14.4 Å². The Morgan fingerprint density at radius 3 is 2.36 bits per heavy atom. The second-order valence-corrected chi connectivity index (χ2v) is 4.62. The number of nitro benzene ring substituents is 1. The van der Waals surface area contributed by atoms with Crippen molar-refractivity contribution in [1.29, 1.82) is 5.26 Å². The Labute approximate surface area is 127 Å². The van der Waals surface area contributed by atoms with Crippen LogP contribution in [0.15, 0.2) is 30.3 Å². The van der Waals surface area contributed by atoms with Crippen molar-refractivity contribution in [3.05, 3.63) is 51.6 Å². The Morgan fingerprint density at radius 1 is 1.14 bits per heavy atom. The predicted octanol–water partition coefficient (Wildman–Crippen LogP) is 3.46. The van der Waals surface area contributed by atoms with Crippen molar-refractivity contribution >= 4 is 5.69 Å². The summed E-state index contributed by atoms with van der Waals surface area (Å²) in [7, 11) is 3.06. The molecule has 0 aliphatic rings. The molecule has 0 saturated carbocycles. The molecule has 2 aromatic carbocycles. The molecule has 6 nitrogen and oxygen atoms in total. The van der Waals surface area contributed by atoms with Crippen LogP contribution in [0.5, 0.6) is 11.5 Å². The zero-order chi connectivity index (χ0) is 16.3. The van der Waals surface area contributed by atoms with E-state index in [0.717, 1.165) is 5.56 Å². The maximum atomic E-state index is 10.9. The average molecular weight is 298 g/mol. The van der Waals surface area contributed by atoms with E-state index in [4.69, 9.17) is 9.47 Å². The van der Waals surface area contributed by atoms with Crippen LogP contribution in [0.2, 0.25) is 0 Å². The van der Waals surface area contributed by atoms with Crippen LogP contribution < -0.4 is 9.47 Å². The largest absolute Gasteiger partial charge is 0.493 e. The van der Waals surface area contributed by atoms with E-state index >= 15 is 0 Å². The number of methoxy groups -OCH3 is 2. The number of hydrogen-bond acceptors (Lipinski definition) is 5. The van der Waals surface area contributed by atoms with Gasteiger partial charge in [0.05, 0.1) is 24.7 Å². The molecule has 0 N–H and O–H groups in total. The van der Waals surface area contributed by atoms with Gasteiger partial charge in [0.15, 0.2) is 11.5 Å². The zero-order valence-corrected chi connectivity index (χ0v) is 12.4. The normalized spacial score (nSPS) is 9.91. The van der Waals surface area contributed by atoms with Crippen LogP contribution in [0.4, 0.5) is 5.69 Å². The highest BCUT2D eigenvalue weighted by Gasteiger charge is 2.17. The molecule has 0 atom stereocenters. The van der Waals surface area contributed by atoms with Gasteiger partial charge in [0.25, 0.3) is 5.69 Å². The van der Waals surface area contributed by atoms with E-state index in [0.29, 0.717) is 22.6 Å². The zero-order valence-electron chi connectivity index (χ0n) is 12.4. The van der Waals surface area contributed by atoms with E-state index in [-0.39, 0.29) is 11.3 Å². The van der Waals surface area contributed by atoms with Gasteiger partial charge in [-0.05, 0) is 30.2 Å². The van der Waals surface area contributed by atoms with Gasteiger partial charge in [-0.1, -0.05) is 6.07 Å². The monoisotopic (exact) mass is 298 g/mol. The Bertz CT molecular complexity index is 778. The maximum Gasteiger partial charge on any atom is 0.271 e. The molecule has 0 spiro atoms. The van der Waals surface area contributed by atoms with Crippen molar-refractivity contribution in [2.24, 2.45) is 0 Å². The highest BCUT2D eigenvalue weighted by Crippen LogP contribution is 2.36. The Kier molecular flexibility index (Phi) is 4.28. The standard InChI is InChI=1S/C16H14N2O4/c1-10-6-13(18(19)20)7-12(9-17)16(10)11-4-5-14(21-2)15(8-11)22-3/h4-8H,1-3H3. The number of non-ortho nitro benzene ring substituents is 1. The minimum Gasteiger partial charge on any atom is -0.493 e. The molecule has 6 heteroatoms. The van der Waals surface area contributed by atoms with Crippen LogP contribution in [-0.4, -0.2) is 19.1 Å². The van der Waals surface area contributed by atoms with Crippen molar-refractivity contribution in [3.63, 3.8) is 0 Å². The van der Waals surface area contributed by atoms with Crippen LogP contribution in [0, 0.1) is 28.4 Å². The highest BCUT2D eigenvalue weighted by atomic mass is 16.6. The SMILES string of the molecule is COc1ccc(-c2c(C)cc([N+](=O)[O-])cc2C#N)cc1OC. The molecular formula is C16H14N2O4. The van der Waals surface area contributed by atoms with Gasteiger partial charge in [-0.3, -0.25) is 10.1 Å². The van der Waals surface area contributed by atoms with Gasteiger partial charge in [-0.25, -0.2) is 0 Å². The van der Waals surface area contributed by atoms with Gasteiger partial charge >= 0.3 is 0 Å². The van der Waals surface area contributed by atoms with Crippen LogP contribution in [-0.2, 0) is 0 Å². The summed E-state index contributed by atoms with van der Waals surface area (Å²) in [6.45, 7) is 1.74. The molecule has 0 saturated heterocycles. The first-order chi connectivity index (χ1) is 10.5. The van der Waals surface area contributed by atoms with Gasteiger partial charge in [-0.2, -0.15) is 5.26 Å². The molecule has 2 aromatic rings. The topological polar surface area (TPSA) is 85.4 Å². The summed E-state index contributed by atoms with van der Waals surface area (Å²) in [5, 5.41) is 20.2. The first-order valence-electron chi connectivity index (χ1n) is 6.43. The van der Waals surface area contributed by atoms with Gasteiger partial charge in [0.1, 0.15) is 6.07 Å². The number of nitrogens with zero attached hydrogens (tertiary/aromatic N) is 2. The fourth-order valence-corrected chi connectivity index (χ4v) is 2.34. The van der Waals surface area contributed by atoms with Crippen LogP contribution >= 0.6 is 0 Å². The number of nitriles is 1. The summed E-state index contributed by atoms with van der Waals surface area (Å²) >= 11 is 0. The maximum absolute atomic E-state index is 10.9. The van der Waals surface area contributed by atoms with Crippen LogP contribution in [0.25, 0.3) is 11.1 Å². The van der Waals surface area contributed by atoms with E-state index in [2.05, 4.69) is 0 Å². The lowest BCUT2D eigenvalue weighted by Crippen LogP contribution is -1.96. The minimum absolute atomic E-state index is 0.0988. The van der Waals surface area contributed by atoms with Gasteiger partial charge in [0.2, 0.25) is 0 Å². The first kappa shape index (κ1) is 15.3. The second kappa shape index (κ2) is 6.14. The van der Waals surface area contributed by atoms with Crippen molar-refractivity contribution in [2.75, 3.05) is 14.2 Å². The molecule has 0 heterocycles. The number of rotatable bonds is 4. The molecule has 0 aliphatic carbocycles. The van der Waals surface area contributed by atoms with Gasteiger partial charge in [0, 0.05) is 17.7 Å². The minimum atomic E-state index is -0.508. The van der Waals surface area contributed by atoms with Gasteiger partial charge in [-0.15, -0.1) is 0 Å². The van der Waals surface area contributed by atoms with E-state index in [1.54, 1.807) is 25.1 Å². The van der Waals surface area contributed by atoms with Crippen LogP contribution in [0.1, 0.15) is 11.1 Å². The van der Waals surface area contributed by atoms with Crippen LogP contribution in [0.3, 0.4) is 0 Å². The first-order valence-corrected chi connectivity index (χ1v) is 6.43. The number of nitro groups is 1. The summed E-state index contributed by atoms with van der Waals surface area (Å²) in [4.78, 5) is 10.4. The molecule has 0 aliphatic heterocycles. The van der Waals surface area contributed by atoms with E-state index < -0.39 is 4.92 Å². The number of hydrogen-bond donors (Lipinski definition) is 0. The third-order valence-electron chi connectivity index (χ3n) is 3.32. The number of benzene rings is 2. The fraction of sp³-hybridized carbons (Fsp3) is 0.188. The molecule has 0 radical (unpaired) electrons. The Morgan fingerprint density at radius 2 is 1.82 bits per heavy atom. The van der Waals surface area contributed by atoms with E-state index in [1.165, 1.54) is 26.4 Å². The lowest BCUT2D eigenvalue weighted by molar-refractivity contribution is -0.384. The quantitative estimate of drug-likeness (QED) is 0.637. The second-order valence-electron chi connectivity index (χ2n) is 4.62. The third-order valence-corrected chi connectivity index (χ3v) is 3.32. The van der Waals surface area contributed by atoms with E-state index in [1.807, 2.05) is 6.07 Å². The molecule has 0 amide bonds. The number of aryl methyl sites for hydroxylation is 1. The molecule has 0 aromatic heterocycles. The summed E-state index contributed by atoms with van der Waals surface area (Å²) in [5.74, 6) is 1.10. The van der Waals surface area contributed by atoms with Gasteiger partial charge < -0.3 is 9.47 Å². The average Bonchev–Trinajstić information content (AvgIpc) is 2.53. The smallest absolute Gasteiger partial charge is 0.271 e. The summed E-state index contributed by atoms with van der Waals surface area (Å²) in [6, 6.07) is 10.0. The Balaban J connectivity index is 2.67. The molecule has 0 bridgehead atoms. The molecular weight excluding hydrogens is 284 g/mol. The van der Waals surface area contributed by atoms with Crippen molar-refractivity contribution in [2.45, 2.75) is 6.92 Å². The summed E-state index contributed by atoms with van der Waals surface area (Å²) in [6.07, 6.45) is 0. The molecule has 22 heavy (non-hydrogen) atoms. The molecule has 0 unspecified atom stereocenters. The lowest BCUT2D eigenvalue weighted by atomic mass is 9.94. The summed E-state index contributed by atoms with van der Waals surface area (Å²) < 4.78 is 10.4. The van der Waals surface area contributed by atoms with Crippen molar-refractivity contribution in [1.82, 2.24) is 0 Å². The molecule has 112 valence electrons. The fourth-order valence-electron chi connectivity index (χ4n) is 2.34. The molecule has 0 fully saturated rings. The summed E-state index contributed by atoms with van der Waals surface area (Å²) in [5.41, 5.74) is 2.19. The van der Waals surface area contributed by atoms with E-state index in [9.17, 15) is 15.4 Å². The predicted molar refractivity (Wildman–Crippen MR) is 81.1 cm³/mol. The number of ether oxygens (including phenoxy) is 2. The Hall–Kier alpha value is -3.07. The highest BCUT2D eigenvalue weighted by molar-refractivity contribution is 5.77. The molecule has 2 rings (SSSR count). The third kappa shape index (κ3) is 2.69. The van der Waals surface area contributed by atoms with Crippen molar-refractivity contribution in [3.8, 4) is 28.7 Å². The lowest BCUT2D eigenvalue weighted by Gasteiger charge is -2.12.